The van der Waals surface area contributed by atoms with E-state index in [0.717, 1.165) is 0 Å². The second-order valence-corrected chi connectivity index (χ2v) is 5.26. The van der Waals surface area contributed by atoms with Crippen LogP contribution in [0.1, 0.15) is 32.8 Å². The summed E-state index contributed by atoms with van der Waals surface area (Å²) in [5, 5.41) is 11.3. The third-order valence-corrected chi connectivity index (χ3v) is 3.16. The van der Waals surface area contributed by atoms with Crippen molar-refractivity contribution >= 4 is 23.2 Å². The predicted octanol–water partition coefficient (Wildman–Crippen LogP) is 4.25. The summed E-state index contributed by atoms with van der Waals surface area (Å²) in [7, 11) is 0. The zero-order valence-electron chi connectivity index (χ0n) is 9.22. The molecule has 1 unspecified atom stereocenters. The lowest BCUT2D eigenvalue weighted by Crippen LogP contribution is -2.23. The van der Waals surface area contributed by atoms with Crippen molar-refractivity contribution in [3.63, 3.8) is 0 Å². The average molecular weight is 247 g/mol. The van der Waals surface area contributed by atoms with E-state index in [-0.39, 0.29) is 0 Å². The van der Waals surface area contributed by atoms with E-state index in [1.165, 1.54) is 0 Å². The van der Waals surface area contributed by atoms with Crippen LogP contribution in [0.15, 0.2) is 18.2 Å². The fourth-order valence-corrected chi connectivity index (χ4v) is 2.33. The molecule has 3 heteroatoms. The van der Waals surface area contributed by atoms with Crippen LogP contribution in [-0.2, 0) is 5.60 Å². The Morgan fingerprint density at radius 1 is 1.33 bits per heavy atom. The summed E-state index contributed by atoms with van der Waals surface area (Å²) < 4.78 is 0. The molecule has 0 bridgehead atoms. The lowest BCUT2D eigenvalue weighted by Gasteiger charge is -2.27. The highest BCUT2D eigenvalue weighted by atomic mass is 35.5. The summed E-state index contributed by atoms with van der Waals surface area (Å²) in [4.78, 5) is 0. The van der Waals surface area contributed by atoms with Gasteiger partial charge in [-0.05, 0) is 25.3 Å². The minimum absolute atomic E-state index is 0.398. The Labute approximate surface area is 101 Å². The first-order valence-corrected chi connectivity index (χ1v) is 5.77. The lowest BCUT2D eigenvalue weighted by molar-refractivity contribution is 0.0350. The normalized spacial score (nSPS) is 15.4. The maximum absolute atomic E-state index is 10.3. The van der Waals surface area contributed by atoms with Gasteiger partial charge in [0.1, 0.15) is 0 Å². The van der Waals surface area contributed by atoms with Gasteiger partial charge in [-0.15, -0.1) is 0 Å². The zero-order chi connectivity index (χ0) is 11.6. The molecule has 0 saturated carbocycles. The highest BCUT2D eigenvalue weighted by molar-refractivity contribution is 6.42. The van der Waals surface area contributed by atoms with Gasteiger partial charge in [-0.25, -0.2) is 0 Å². The fourth-order valence-electron chi connectivity index (χ4n) is 1.82. The number of rotatable bonds is 3. The molecule has 84 valence electrons. The van der Waals surface area contributed by atoms with Gasteiger partial charge in [-0.1, -0.05) is 49.2 Å². The van der Waals surface area contributed by atoms with Crippen molar-refractivity contribution in [1.82, 2.24) is 0 Å². The zero-order valence-corrected chi connectivity index (χ0v) is 10.7. The summed E-state index contributed by atoms with van der Waals surface area (Å²) in [6.45, 7) is 5.89. The molecular weight excluding hydrogens is 231 g/mol. The van der Waals surface area contributed by atoms with Crippen LogP contribution in [0.25, 0.3) is 0 Å². The smallest absolute Gasteiger partial charge is 0.0885 e. The van der Waals surface area contributed by atoms with Crippen molar-refractivity contribution in [1.29, 1.82) is 0 Å². The van der Waals surface area contributed by atoms with Crippen molar-refractivity contribution in [3.8, 4) is 0 Å². The van der Waals surface area contributed by atoms with Gasteiger partial charge in [0.2, 0.25) is 0 Å². The Morgan fingerprint density at radius 2 is 1.93 bits per heavy atom. The van der Waals surface area contributed by atoms with Crippen LogP contribution in [0.2, 0.25) is 10.0 Å². The van der Waals surface area contributed by atoms with E-state index in [1.54, 1.807) is 19.1 Å². The van der Waals surface area contributed by atoms with Crippen molar-refractivity contribution in [2.75, 3.05) is 0 Å². The van der Waals surface area contributed by atoms with E-state index < -0.39 is 5.60 Å². The van der Waals surface area contributed by atoms with Crippen molar-refractivity contribution < 1.29 is 5.11 Å². The summed E-state index contributed by atoms with van der Waals surface area (Å²) in [6, 6.07) is 5.34. The fraction of sp³-hybridized carbons (Fsp3) is 0.500. The third kappa shape index (κ3) is 3.10. The predicted molar refractivity (Wildman–Crippen MR) is 65.5 cm³/mol. The van der Waals surface area contributed by atoms with Crippen LogP contribution < -0.4 is 0 Å². The Balaban J connectivity index is 3.09. The van der Waals surface area contributed by atoms with Crippen LogP contribution in [0.4, 0.5) is 0 Å². The number of hydrogen-bond acceptors (Lipinski definition) is 1. The van der Waals surface area contributed by atoms with Gasteiger partial charge in [0, 0.05) is 5.56 Å². The Bertz CT molecular complexity index is 345. The first-order valence-electron chi connectivity index (χ1n) is 5.01. The Morgan fingerprint density at radius 3 is 2.47 bits per heavy atom. The lowest BCUT2D eigenvalue weighted by atomic mass is 9.87. The molecule has 1 rings (SSSR count). The average Bonchev–Trinajstić information content (AvgIpc) is 2.07. The highest BCUT2D eigenvalue weighted by Crippen LogP contribution is 2.36. The minimum Gasteiger partial charge on any atom is -0.385 e. The molecule has 0 amide bonds. The van der Waals surface area contributed by atoms with E-state index in [9.17, 15) is 5.11 Å². The maximum atomic E-state index is 10.3. The molecule has 0 heterocycles. The van der Waals surface area contributed by atoms with E-state index in [1.807, 2.05) is 6.07 Å². The van der Waals surface area contributed by atoms with E-state index in [4.69, 9.17) is 23.2 Å². The monoisotopic (exact) mass is 246 g/mol. The van der Waals surface area contributed by atoms with Crippen LogP contribution in [0.5, 0.6) is 0 Å². The van der Waals surface area contributed by atoms with Crippen LogP contribution in [-0.4, -0.2) is 5.11 Å². The summed E-state index contributed by atoms with van der Waals surface area (Å²) in [5.74, 6) is 0.398. The standard InChI is InChI=1S/C12H16Cl2O/c1-8(2)7-12(3,15)9-5-4-6-10(13)11(9)14/h4-6,8,15H,7H2,1-3H3. The molecule has 0 aliphatic carbocycles. The molecule has 1 nitrogen and oxygen atoms in total. The van der Waals surface area contributed by atoms with Crippen LogP contribution >= 0.6 is 23.2 Å². The second-order valence-electron chi connectivity index (χ2n) is 4.47. The molecular formula is C12H16Cl2O. The molecule has 0 fully saturated rings. The molecule has 1 N–H and O–H groups in total. The van der Waals surface area contributed by atoms with Gasteiger partial charge < -0.3 is 5.11 Å². The molecule has 0 spiro atoms. The van der Waals surface area contributed by atoms with Gasteiger partial charge in [-0.2, -0.15) is 0 Å². The summed E-state index contributed by atoms with van der Waals surface area (Å²) in [6.07, 6.45) is 0.660. The molecule has 0 saturated heterocycles. The highest BCUT2D eigenvalue weighted by Gasteiger charge is 2.27. The van der Waals surface area contributed by atoms with E-state index in [2.05, 4.69) is 13.8 Å². The van der Waals surface area contributed by atoms with E-state index in [0.29, 0.717) is 27.9 Å². The maximum Gasteiger partial charge on any atom is 0.0885 e. The molecule has 1 aromatic rings. The Hall–Kier alpha value is -0.240. The molecule has 1 atom stereocenters. The number of halogens is 2. The topological polar surface area (TPSA) is 20.2 Å². The molecule has 1 aromatic carbocycles. The first kappa shape index (κ1) is 12.8. The molecule has 0 aliphatic rings. The van der Waals surface area contributed by atoms with Crippen molar-refractivity contribution in [3.05, 3.63) is 33.8 Å². The number of aliphatic hydroxyl groups is 1. The molecule has 15 heavy (non-hydrogen) atoms. The molecule has 0 radical (unpaired) electrons. The summed E-state index contributed by atoms with van der Waals surface area (Å²) >= 11 is 12.0. The largest absolute Gasteiger partial charge is 0.385 e. The van der Waals surface area contributed by atoms with Gasteiger partial charge in [0.15, 0.2) is 0 Å². The SMILES string of the molecule is CC(C)CC(C)(O)c1cccc(Cl)c1Cl. The van der Waals surface area contributed by atoms with Crippen molar-refractivity contribution in [2.24, 2.45) is 5.92 Å². The number of benzene rings is 1. The van der Waals surface area contributed by atoms with Gasteiger partial charge in [0.05, 0.1) is 15.6 Å². The van der Waals surface area contributed by atoms with Crippen LogP contribution in [0, 0.1) is 5.92 Å². The second kappa shape index (κ2) is 4.73. The first-order chi connectivity index (χ1) is 6.84. The van der Waals surface area contributed by atoms with Crippen molar-refractivity contribution in [2.45, 2.75) is 32.8 Å². The minimum atomic E-state index is -0.920. The van der Waals surface area contributed by atoms with Gasteiger partial charge in [-0.3, -0.25) is 0 Å². The quantitative estimate of drug-likeness (QED) is 0.846. The Kier molecular flexibility index (Phi) is 4.05. The summed E-state index contributed by atoms with van der Waals surface area (Å²) in [5.41, 5.74) is -0.221. The molecule has 0 aliphatic heterocycles. The number of hydrogen-bond donors (Lipinski definition) is 1. The van der Waals surface area contributed by atoms with E-state index >= 15 is 0 Å². The molecule has 0 aromatic heterocycles. The van der Waals surface area contributed by atoms with Crippen LogP contribution in [0.3, 0.4) is 0 Å². The third-order valence-electron chi connectivity index (χ3n) is 2.34. The van der Waals surface area contributed by atoms with Gasteiger partial charge >= 0.3 is 0 Å². The van der Waals surface area contributed by atoms with Gasteiger partial charge in [0.25, 0.3) is 0 Å².